The molecule has 0 bridgehead atoms. The van der Waals surface area contributed by atoms with Crippen LogP contribution in [0.1, 0.15) is 9.67 Å². The highest BCUT2D eigenvalue weighted by atomic mass is 127. The van der Waals surface area contributed by atoms with E-state index in [2.05, 4.69) is 0 Å². The predicted molar refractivity (Wildman–Crippen MR) is 48.4 cm³/mol. The Hall–Kier alpha value is -0.300. The summed E-state index contributed by atoms with van der Waals surface area (Å²) in [7, 11) is 0. The summed E-state index contributed by atoms with van der Waals surface area (Å²) in [6.07, 6.45) is 0. The second-order valence-electron chi connectivity index (χ2n) is 1.64. The molecule has 0 saturated heterocycles. The lowest BCUT2D eigenvalue weighted by molar-refractivity contribution is 0.0703. The number of carbonyl (C=O) groups is 1. The van der Waals surface area contributed by atoms with E-state index in [1.807, 2.05) is 22.6 Å². The van der Waals surface area contributed by atoms with Gasteiger partial charge in [0.1, 0.15) is 4.88 Å². The molecule has 10 heavy (non-hydrogen) atoms. The first kappa shape index (κ1) is 7.80. The van der Waals surface area contributed by atoms with E-state index in [4.69, 9.17) is 10.8 Å². The van der Waals surface area contributed by atoms with Gasteiger partial charge in [0, 0.05) is 0 Å². The summed E-state index contributed by atoms with van der Waals surface area (Å²) >= 11 is 3.22. The molecule has 0 amide bonds. The quantitative estimate of drug-likeness (QED) is 0.762. The Labute approximate surface area is 75.0 Å². The van der Waals surface area contributed by atoms with Crippen molar-refractivity contribution in [1.29, 1.82) is 0 Å². The first-order chi connectivity index (χ1) is 4.61. The molecule has 0 aliphatic rings. The Bertz CT molecular complexity index is 271. The van der Waals surface area contributed by atoms with E-state index in [-0.39, 0.29) is 4.88 Å². The maximum absolute atomic E-state index is 10.4. The average molecular weight is 269 g/mol. The third-order valence-corrected chi connectivity index (χ3v) is 2.82. The molecule has 0 saturated carbocycles. The number of aromatic carboxylic acids is 1. The van der Waals surface area contributed by atoms with Crippen LogP contribution in [-0.4, -0.2) is 11.1 Å². The summed E-state index contributed by atoms with van der Waals surface area (Å²) in [6.45, 7) is 0. The zero-order valence-electron chi connectivity index (χ0n) is 4.80. The molecule has 3 N–H and O–H groups in total. The molecule has 54 valence electrons. The minimum atomic E-state index is -0.953. The molecule has 0 radical (unpaired) electrons. The smallest absolute Gasteiger partial charge is 0.348 e. The number of carboxylic acid groups (broad SMARTS) is 1. The first-order valence-corrected chi connectivity index (χ1v) is 4.29. The summed E-state index contributed by atoms with van der Waals surface area (Å²) in [5.74, 6) is -0.953. The Morgan fingerprint density at radius 3 is 2.60 bits per heavy atom. The van der Waals surface area contributed by atoms with Crippen molar-refractivity contribution < 1.29 is 9.90 Å². The van der Waals surface area contributed by atoms with E-state index >= 15 is 0 Å². The Morgan fingerprint density at radius 2 is 2.40 bits per heavy atom. The van der Waals surface area contributed by atoms with Gasteiger partial charge in [0.05, 0.1) is 8.57 Å². The van der Waals surface area contributed by atoms with Gasteiger partial charge in [-0.05, 0) is 28.7 Å². The highest BCUT2D eigenvalue weighted by Gasteiger charge is 2.10. The van der Waals surface area contributed by atoms with Crippen LogP contribution in [0.25, 0.3) is 0 Å². The molecule has 5 heteroatoms. The lowest BCUT2D eigenvalue weighted by atomic mass is 10.4. The van der Waals surface area contributed by atoms with Crippen LogP contribution < -0.4 is 5.73 Å². The molecule has 1 aromatic heterocycles. The molecule has 0 atom stereocenters. The summed E-state index contributed by atoms with van der Waals surface area (Å²) in [5, 5.41) is 8.51. The zero-order chi connectivity index (χ0) is 7.72. The molecule has 0 aromatic carbocycles. The summed E-state index contributed by atoms with van der Waals surface area (Å²) in [4.78, 5) is 10.6. The van der Waals surface area contributed by atoms with Gasteiger partial charge in [-0.25, -0.2) is 4.79 Å². The maximum Gasteiger partial charge on any atom is 0.348 e. The van der Waals surface area contributed by atoms with Gasteiger partial charge in [0.25, 0.3) is 0 Å². The highest BCUT2D eigenvalue weighted by Crippen LogP contribution is 2.25. The third-order valence-electron chi connectivity index (χ3n) is 0.925. The molecule has 0 aliphatic heterocycles. The lowest BCUT2D eigenvalue weighted by Crippen LogP contribution is -1.96. The number of rotatable bonds is 1. The van der Waals surface area contributed by atoms with E-state index in [1.165, 1.54) is 11.3 Å². The molecule has 0 aliphatic carbocycles. The number of hydrogen-bond acceptors (Lipinski definition) is 3. The second kappa shape index (κ2) is 2.75. The number of anilines is 1. The molecule has 1 aromatic rings. The van der Waals surface area contributed by atoms with Gasteiger partial charge in [0.15, 0.2) is 0 Å². The Morgan fingerprint density at radius 1 is 1.80 bits per heavy atom. The van der Waals surface area contributed by atoms with Crippen LogP contribution in [0.2, 0.25) is 0 Å². The largest absolute Gasteiger partial charge is 0.477 e. The fourth-order valence-corrected chi connectivity index (χ4v) is 2.18. The van der Waals surface area contributed by atoms with Gasteiger partial charge in [-0.2, -0.15) is 0 Å². The van der Waals surface area contributed by atoms with Crippen LogP contribution in [0.5, 0.6) is 0 Å². The Kier molecular flexibility index (Phi) is 2.14. The molecular weight excluding hydrogens is 265 g/mol. The number of nitrogens with two attached hydrogens (primary N) is 1. The minimum absolute atomic E-state index is 0.226. The highest BCUT2D eigenvalue weighted by molar-refractivity contribution is 14.1. The fourth-order valence-electron chi connectivity index (χ4n) is 0.541. The predicted octanol–water partition coefficient (Wildman–Crippen LogP) is 1.63. The first-order valence-electron chi connectivity index (χ1n) is 2.39. The van der Waals surface area contributed by atoms with E-state index in [0.717, 1.165) is 2.88 Å². The van der Waals surface area contributed by atoms with Crippen LogP contribution in [-0.2, 0) is 0 Å². The molecule has 0 fully saturated rings. The molecule has 1 rings (SSSR count). The standard InChI is InChI=1S/C5H4INO2S/c6-3-1-2(7)4(10-3)5(8)9/h1H,7H2,(H,8,9). The lowest BCUT2D eigenvalue weighted by Gasteiger charge is -1.86. The summed E-state index contributed by atoms with van der Waals surface area (Å²) in [5.41, 5.74) is 5.72. The van der Waals surface area contributed by atoms with Crippen LogP contribution in [0, 0.1) is 2.88 Å². The third kappa shape index (κ3) is 1.40. The molecule has 0 spiro atoms. The van der Waals surface area contributed by atoms with Crippen LogP contribution >= 0.6 is 33.9 Å². The summed E-state index contributed by atoms with van der Waals surface area (Å²) in [6, 6.07) is 1.65. The van der Waals surface area contributed by atoms with Crippen molar-refractivity contribution in [3.63, 3.8) is 0 Å². The maximum atomic E-state index is 10.4. The van der Waals surface area contributed by atoms with Crippen molar-refractivity contribution in [2.45, 2.75) is 0 Å². The zero-order valence-corrected chi connectivity index (χ0v) is 7.77. The topological polar surface area (TPSA) is 63.3 Å². The minimum Gasteiger partial charge on any atom is -0.477 e. The van der Waals surface area contributed by atoms with Crippen molar-refractivity contribution in [3.05, 3.63) is 13.8 Å². The van der Waals surface area contributed by atoms with Crippen molar-refractivity contribution in [3.8, 4) is 0 Å². The Balaban J connectivity index is 3.15. The SMILES string of the molecule is Nc1cc(I)sc1C(=O)O. The van der Waals surface area contributed by atoms with E-state index in [0.29, 0.717) is 5.69 Å². The van der Waals surface area contributed by atoms with Crippen LogP contribution in [0.3, 0.4) is 0 Å². The molecular formula is C5H4INO2S. The van der Waals surface area contributed by atoms with Gasteiger partial charge in [0.2, 0.25) is 0 Å². The van der Waals surface area contributed by atoms with E-state index in [9.17, 15) is 4.79 Å². The van der Waals surface area contributed by atoms with Gasteiger partial charge >= 0.3 is 5.97 Å². The normalized spacial score (nSPS) is 9.70. The summed E-state index contributed by atoms with van der Waals surface area (Å²) < 4.78 is 0.896. The molecule has 0 unspecified atom stereocenters. The van der Waals surface area contributed by atoms with Gasteiger partial charge < -0.3 is 10.8 Å². The van der Waals surface area contributed by atoms with Gasteiger partial charge in [-0.1, -0.05) is 0 Å². The second-order valence-corrected chi connectivity index (χ2v) is 4.59. The van der Waals surface area contributed by atoms with E-state index < -0.39 is 5.97 Å². The number of hydrogen-bond donors (Lipinski definition) is 2. The molecule has 1 heterocycles. The van der Waals surface area contributed by atoms with Gasteiger partial charge in [-0.15, -0.1) is 11.3 Å². The van der Waals surface area contributed by atoms with Crippen molar-refractivity contribution in [2.75, 3.05) is 5.73 Å². The molecule has 3 nitrogen and oxygen atoms in total. The monoisotopic (exact) mass is 269 g/mol. The van der Waals surface area contributed by atoms with Crippen molar-refractivity contribution in [2.24, 2.45) is 0 Å². The number of halogens is 1. The van der Waals surface area contributed by atoms with Crippen molar-refractivity contribution in [1.82, 2.24) is 0 Å². The van der Waals surface area contributed by atoms with Crippen LogP contribution in [0.4, 0.5) is 5.69 Å². The van der Waals surface area contributed by atoms with Crippen molar-refractivity contribution >= 4 is 45.6 Å². The number of nitrogen functional groups attached to an aromatic ring is 1. The van der Waals surface area contributed by atoms with E-state index in [1.54, 1.807) is 6.07 Å². The number of thiophene rings is 1. The van der Waals surface area contributed by atoms with Crippen LogP contribution in [0.15, 0.2) is 6.07 Å². The number of carboxylic acids is 1. The van der Waals surface area contributed by atoms with Gasteiger partial charge in [-0.3, -0.25) is 0 Å². The fraction of sp³-hybridized carbons (Fsp3) is 0. The average Bonchev–Trinajstić information content (AvgIpc) is 2.10.